The topological polar surface area (TPSA) is 12.4 Å². The zero-order valence-corrected chi connectivity index (χ0v) is 15.2. The molecule has 1 aliphatic carbocycles. The van der Waals surface area contributed by atoms with Crippen LogP contribution in [0.3, 0.4) is 0 Å². The summed E-state index contributed by atoms with van der Waals surface area (Å²) in [6.07, 6.45) is 9.56. The molecule has 0 saturated carbocycles. The molecule has 0 aromatic heterocycles. The van der Waals surface area contributed by atoms with Crippen LogP contribution >= 0.6 is 31.9 Å². The Morgan fingerprint density at radius 1 is 1.20 bits per heavy atom. The maximum atomic E-state index is 4.84. The standard InChI is InChI=1S/C17H19Br2N/c1-16(2,13-4-6-14(18)7-5-13)20-12-17(3)10-8-15(19)9-11-17/h4-10,12H,11H2,1-3H3. The van der Waals surface area contributed by atoms with Crippen molar-refractivity contribution in [2.24, 2.45) is 10.4 Å². The molecule has 3 heteroatoms. The second-order valence-corrected chi connectivity index (χ2v) is 7.79. The van der Waals surface area contributed by atoms with Gasteiger partial charge in [-0.2, -0.15) is 0 Å². The van der Waals surface area contributed by atoms with Crippen LogP contribution < -0.4 is 0 Å². The van der Waals surface area contributed by atoms with Crippen LogP contribution in [0, 0.1) is 5.41 Å². The zero-order chi connectivity index (χ0) is 14.8. The number of nitrogens with zero attached hydrogens (tertiary/aromatic N) is 1. The quantitative estimate of drug-likeness (QED) is 0.555. The minimum atomic E-state index is -0.212. The second kappa shape index (κ2) is 5.98. The molecule has 0 fully saturated rings. The molecule has 106 valence electrons. The smallest absolute Gasteiger partial charge is 0.0796 e. The number of aliphatic imine (C=N–C) groups is 1. The highest BCUT2D eigenvalue weighted by Crippen LogP contribution is 2.32. The van der Waals surface area contributed by atoms with Crippen LogP contribution in [-0.2, 0) is 5.54 Å². The first-order valence-electron chi connectivity index (χ1n) is 6.68. The average Bonchev–Trinajstić information content (AvgIpc) is 2.41. The van der Waals surface area contributed by atoms with Crippen molar-refractivity contribution in [2.45, 2.75) is 32.7 Å². The van der Waals surface area contributed by atoms with Crippen LogP contribution in [0.4, 0.5) is 0 Å². The predicted octanol–water partition coefficient (Wildman–Crippen LogP) is 6.00. The Kier molecular flexibility index (Phi) is 4.70. The Labute approximate surface area is 138 Å². The summed E-state index contributed by atoms with van der Waals surface area (Å²) in [5, 5.41) is 0. The second-order valence-electron chi connectivity index (χ2n) is 5.96. The van der Waals surface area contributed by atoms with Gasteiger partial charge in [-0.1, -0.05) is 69.1 Å². The lowest BCUT2D eigenvalue weighted by atomic mass is 9.84. The Bertz CT molecular complexity index is 567. The zero-order valence-electron chi connectivity index (χ0n) is 12.0. The van der Waals surface area contributed by atoms with Crippen LogP contribution in [-0.4, -0.2) is 6.21 Å². The van der Waals surface area contributed by atoms with E-state index in [9.17, 15) is 0 Å². The van der Waals surface area contributed by atoms with Gasteiger partial charge in [0.1, 0.15) is 0 Å². The molecule has 0 radical (unpaired) electrons. The third-order valence-corrected chi connectivity index (χ3v) is 4.71. The van der Waals surface area contributed by atoms with E-state index in [0.29, 0.717) is 0 Å². The molecule has 0 aliphatic heterocycles. The molecule has 0 saturated heterocycles. The number of allylic oxidation sites excluding steroid dienone is 4. The molecule has 1 aromatic carbocycles. The summed E-state index contributed by atoms with van der Waals surface area (Å²) >= 11 is 6.97. The van der Waals surface area contributed by atoms with Crippen molar-refractivity contribution in [1.82, 2.24) is 0 Å². The van der Waals surface area contributed by atoms with Crippen molar-refractivity contribution >= 4 is 38.1 Å². The normalized spacial score (nSPS) is 23.1. The van der Waals surface area contributed by atoms with E-state index in [1.165, 1.54) is 5.56 Å². The highest BCUT2D eigenvalue weighted by atomic mass is 79.9. The number of halogens is 2. The maximum Gasteiger partial charge on any atom is 0.0796 e. The predicted molar refractivity (Wildman–Crippen MR) is 94.5 cm³/mol. The monoisotopic (exact) mass is 395 g/mol. The van der Waals surface area contributed by atoms with Gasteiger partial charge in [0.2, 0.25) is 0 Å². The van der Waals surface area contributed by atoms with Crippen molar-refractivity contribution in [3.8, 4) is 0 Å². The first-order chi connectivity index (χ1) is 9.31. The lowest BCUT2D eigenvalue weighted by Gasteiger charge is -2.26. The molecule has 1 aliphatic rings. The van der Waals surface area contributed by atoms with Crippen LogP contribution in [0.1, 0.15) is 32.8 Å². The van der Waals surface area contributed by atoms with Gasteiger partial charge in [-0.25, -0.2) is 0 Å². The highest BCUT2D eigenvalue weighted by molar-refractivity contribution is 9.12. The van der Waals surface area contributed by atoms with Gasteiger partial charge in [0.05, 0.1) is 5.54 Å². The molecular formula is C17H19Br2N. The summed E-state index contributed by atoms with van der Waals surface area (Å²) < 4.78 is 2.24. The van der Waals surface area contributed by atoms with E-state index in [0.717, 1.165) is 15.4 Å². The van der Waals surface area contributed by atoms with Gasteiger partial charge in [0.15, 0.2) is 0 Å². The summed E-state index contributed by atoms with van der Waals surface area (Å²) in [4.78, 5) is 4.84. The Morgan fingerprint density at radius 2 is 1.85 bits per heavy atom. The van der Waals surface area contributed by atoms with Crippen LogP contribution in [0.25, 0.3) is 0 Å². The van der Waals surface area contributed by atoms with E-state index in [4.69, 9.17) is 4.99 Å². The lowest BCUT2D eigenvalue weighted by Crippen LogP contribution is -2.21. The van der Waals surface area contributed by atoms with E-state index in [2.05, 4.69) is 101 Å². The number of benzene rings is 1. The lowest BCUT2D eigenvalue weighted by molar-refractivity contribution is 0.538. The van der Waals surface area contributed by atoms with Gasteiger partial charge in [-0.3, -0.25) is 4.99 Å². The van der Waals surface area contributed by atoms with Crippen molar-refractivity contribution in [1.29, 1.82) is 0 Å². The van der Waals surface area contributed by atoms with Gasteiger partial charge in [0, 0.05) is 20.6 Å². The fourth-order valence-electron chi connectivity index (χ4n) is 2.06. The molecule has 0 spiro atoms. The summed E-state index contributed by atoms with van der Waals surface area (Å²) in [7, 11) is 0. The SMILES string of the molecule is CC1(C=NC(C)(C)c2ccc(Br)cc2)C=CC(Br)=CC1. The average molecular weight is 397 g/mol. The molecule has 0 amide bonds. The van der Waals surface area contributed by atoms with Crippen LogP contribution in [0.15, 0.2) is 56.4 Å². The minimum absolute atomic E-state index is 0.00387. The van der Waals surface area contributed by atoms with Gasteiger partial charge < -0.3 is 0 Å². The fourth-order valence-corrected chi connectivity index (χ4v) is 2.62. The third-order valence-electron chi connectivity index (χ3n) is 3.59. The maximum absolute atomic E-state index is 4.84. The van der Waals surface area contributed by atoms with Crippen LogP contribution in [0.5, 0.6) is 0 Å². The molecule has 1 atom stereocenters. The molecule has 0 N–H and O–H groups in total. The van der Waals surface area contributed by atoms with Gasteiger partial charge in [-0.15, -0.1) is 0 Å². The van der Waals surface area contributed by atoms with Gasteiger partial charge in [0.25, 0.3) is 0 Å². The Hall–Kier alpha value is -0.670. The number of rotatable bonds is 3. The van der Waals surface area contributed by atoms with Gasteiger partial charge in [-0.05, 0) is 38.0 Å². The molecule has 1 nitrogen and oxygen atoms in total. The molecule has 1 unspecified atom stereocenters. The van der Waals surface area contributed by atoms with Crippen molar-refractivity contribution in [3.05, 3.63) is 57.0 Å². The van der Waals surface area contributed by atoms with E-state index >= 15 is 0 Å². The van der Waals surface area contributed by atoms with E-state index in [-0.39, 0.29) is 11.0 Å². The summed E-state index contributed by atoms with van der Waals surface area (Å²) in [6, 6.07) is 8.37. The Morgan fingerprint density at radius 3 is 2.40 bits per heavy atom. The summed E-state index contributed by atoms with van der Waals surface area (Å²) in [6.45, 7) is 6.50. The molecular weight excluding hydrogens is 378 g/mol. The number of hydrogen-bond donors (Lipinski definition) is 0. The highest BCUT2D eigenvalue weighted by Gasteiger charge is 2.23. The molecule has 0 heterocycles. The summed E-state index contributed by atoms with van der Waals surface area (Å²) in [5.41, 5.74) is 1.01. The molecule has 1 aromatic rings. The minimum Gasteiger partial charge on any atom is -0.286 e. The fraction of sp³-hybridized carbons (Fsp3) is 0.353. The van der Waals surface area contributed by atoms with Crippen molar-refractivity contribution in [3.63, 3.8) is 0 Å². The van der Waals surface area contributed by atoms with E-state index in [1.807, 2.05) is 0 Å². The van der Waals surface area contributed by atoms with Crippen molar-refractivity contribution in [2.75, 3.05) is 0 Å². The first kappa shape index (κ1) is 15.7. The largest absolute Gasteiger partial charge is 0.286 e. The van der Waals surface area contributed by atoms with E-state index in [1.54, 1.807) is 0 Å². The molecule has 20 heavy (non-hydrogen) atoms. The van der Waals surface area contributed by atoms with E-state index < -0.39 is 0 Å². The van der Waals surface area contributed by atoms with Crippen molar-refractivity contribution < 1.29 is 0 Å². The first-order valence-corrected chi connectivity index (χ1v) is 8.27. The van der Waals surface area contributed by atoms with Gasteiger partial charge >= 0.3 is 0 Å². The summed E-state index contributed by atoms with van der Waals surface area (Å²) in [5.74, 6) is 0. The Balaban J connectivity index is 2.17. The molecule has 0 bridgehead atoms. The third kappa shape index (κ3) is 3.92. The van der Waals surface area contributed by atoms with Crippen LogP contribution in [0.2, 0.25) is 0 Å². The number of hydrogen-bond acceptors (Lipinski definition) is 1. The molecule has 2 rings (SSSR count).